The second-order valence-electron chi connectivity index (χ2n) is 5.69. The topological polar surface area (TPSA) is 89.5 Å². The van der Waals surface area contributed by atoms with Gasteiger partial charge in [0.25, 0.3) is 5.88 Å². The molecule has 0 fully saturated rings. The summed E-state index contributed by atoms with van der Waals surface area (Å²) >= 11 is 0. The summed E-state index contributed by atoms with van der Waals surface area (Å²) in [5.41, 5.74) is -0.381. The van der Waals surface area contributed by atoms with E-state index in [9.17, 15) is 28.1 Å². The van der Waals surface area contributed by atoms with Gasteiger partial charge in [-0.2, -0.15) is 13.2 Å². The van der Waals surface area contributed by atoms with Crippen molar-refractivity contribution < 1.29 is 27.3 Å². The molecule has 0 aliphatic heterocycles. The van der Waals surface area contributed by atoms with Crippen LogP contribution in [0.4, 0.5) is 30.6 Å². The van der Waals surface area contributed by atoms with E-state index in [1.165, 1.54) is 26.0 Å². The Morgan fingerprint density at radius 1 is 1.19 bits per heavy atom. The van der Waals surface area contributed by atoms with Crippen LogP contribution in [0.3, 0.4) is 0 Å². The monoisotopic (exact) mass is 379 g/mol. The lowest BCUT2D eigenvalue weighted by Gasteiger charge is -2.20. The summed E-state index contributed by atoms with van der Waals surface area (Å²) in [7, 11) is 0. The van der Waals surface area contributed by atoms with Gasteiger partial charge >= 0.3 is 17.8 Å². The summed E-state index contributed by atoms with van der Waals surface area (Å²) in [4.78, 5) is 26.7. The molecule has 27 heavy (non-hydrogen) atoms. The number of furan rings is 1. The van der Waals surface area contributed by atoms with E-state index in [4.69, 9.17) is 4.42 Å². The zero-order valence-corrected chi connectivity index (χ0v) is 14.1. The van der Waals surface area contributed by atoms with E-state index >= 15 is 0 Å². The Hall–Kier alpha value is -3.43. The van der Waals surface area contributed by atoms with Crippen LogP contribution >= 0.6 is 0 Å². The number of benzene rings is 1. The highest BCUT2D eigenvalue weighted by Gasteiger charge is 2.48. The molecular weight excluding hydrogens is 367 g/mol. The second-order valence-corrected chi connectivity index (χ2v) is 5.69. The molecule has 2 aromatic heterocycles. The summed E-state index contributed by atoms with van der Waals surface area (Å²) in [6.07, 6.45) is -5.30. The Kier molecular flexibility index (Phi) is 4.34. The maximum Gasteiger partial charge on any atom is 0.472 e. The van der Waals surface area contributed by atoms with E-state index < -0.39 is 34.4 Å². The number of alkyl halides is 3. The summed E-state index contributed by atoms with van der Waals surface area (Å²) in [6.45, 7) is 2.68. The molecule has 0 saturated carbocycles. The fourth-order valence-electron chi connectivity index (χ4n) is 2.57. The number of carbonyl (C=O) groups is 1. The van der Waals surface area contributed by atoms with Crippen LogP contribution in [0.15, 0.2) is 40.8 Å². The number of para-hydroxylation sites is 1. The van der Waals surface area contributed by atoms with Gasteiger partial charge < -0.3 is 4.42 Å². The molecule has 0 spiro atoms. The molecule has 1 amide bonds. The summed E-state index contributed by atoms with van der Waals surface area (Å²) in [5, 5.41) is 12.0. The lowest BCUT2D eigenvalue weighted by Crippen LogP contribution is -2.38. The third-order valence-electron chi connectivity index (χ3n) is 3.98. The van der Waals surface area contributed by atoms with Crippen molar-refractivity contribution in [2.24, 2.45) is 0 Å². The second kappa shape index (κ2) is 6.38. The lowest BCUT2D eigenvalue weighted by atomic mass is 10.2. The van der Waals surface area contributed by atoms with Crippen LogP contribution in [0.1, 0.15) is 11.3 Å². The highest BCUT2D eigenvalue weighted by molar-refractivity contribution is 6.04. The van der Waals surface area contributed by atoms with E-state index in [2.05, 4.69) is 4.98 Å². The molecule has 0 saturated heterocycles. The van der Waals surface area contributed by atoms with Crippen molar-refractivity contribution in [1.82, 2.24) is 4.98 Å². The van der Waals surface area contributed by atoms with Crippen molar-refractivity contribution in [3.63, 3.8) is 0 Å². The Labute approximate surface area is 150 Å². The Morgan fingerprint density at radius 2 is 1.85 bits per heavy atom. The number of aryl methyl sites for hydroxylation is 1. The molecule has 0 atom stereocenters. The van der Waals surface area contributed by atoms with Gasteiger partial charge in [0.1, 0.15) is 11.6 Å². The van der Waals surface area contributed by atoms with E-state index in [0.29, 0.717) is 10.9 Å². The molecule has 140 valence electrons. The maximum atomic E-state index is 13.2. The molecule has 10 heteroatoms. The summed E-state index contributed by atoms with van der Waals surface area (Å²) in [6, 6.07) is 9.20. The average molecular weight is 379 g/mol. The van der Waals surface area contributed by atoms with Crippen molar-refractivity contribution in [3.8, 4) is 0 Å². The summed E-state index contributed by atoms with van der Waals surface area (Å²) < 4.78 is 44.8. The number of rotatable bonds is 3. The Bertz CT molecular complexity index is 1060. The highest BCUT2D eigenvalue weighted by Crippen LogP contribution is 2.41. The molecular formula is C17H12F3N3O4. The van der Waals surface area contributed by atoms with Crippen molar-refractivity contribution in [3.05, 3.63) is 57.8 Å². The first-order valence-electron chi connectivity index (χ1n) is 7.62. The van der Waals surface area contributed by atoms with Crippen molar-refractivity contribution in [2.45, 2.75) is 20.0 Å². The fraction of sp³-hybridized carbons (Fsp3) is 0.176. The average Bonchev–Trinajstić information content (AvgIpc) is 2.89. The quantitative estimate of drug-likeness (QED) is 0.491. The first-order chi connectivity index (χ1) is 12.6. The Balaban J connectivity index is 2.28. The lowest BCUT2D eigenvalue weighted by molar-refractivity contribution is -0.384. The standard InChI is InChI=1S/C17H12F3N3O4/c1-9-10(2)27-15(14(9)23(25)26)22(16(24)17(18,19)20)13-8-7-11-5-3-4-6-12(11)21-13/h3-8H,1-2H3. The molecule has 0 radical (unpaired) electrons. The molecule has 3 rings (SSSR count). The maximum absolute atomic E-state index is 13.2. The number of fused-ring (bicyclic) bond motifs is 1. The highest BCUT2D eigenvalue weighted by atomic mass is 19.4. The summed E-state index contributed by atoms with van der Waals surface area (Å²) in [5.74, 6) is -3.59. The van der Waals surface area contributed by atoms with Crippen LogP contribution in [0.25, 0.3) is 10.9 Å². The molecule has 0 bridgehead atoms. The SMILES string of the molecule is Cc1oc(N(C(=O)C(F)(F)F)c2ccc3ccccc3n2)c([N+](=O)[O-])c1C. The first kappa shape index (κ1) is 18.4. The minimum Gasteiger partial charge on any atom is -0.439 e. The molecule has 1 aromatic carbocycles. The molecule has 0 unspecified atom stereocenters. The zero-order chi connectivity index (χ0) is 19.9. The van der Waals surface area contributed by atoms with Crippen LogP contribution in [0.5, 0.6) is 0 Å². The molecule has 0 aliphatic rings. The van der Waals surface area contributed by atoms with Gasteiger partial charge in [-0.3, -0.25) is 14.9 Å². The molecule has 2 heterocycles. The normalized spacial score (nSPS) is 11.6. The number of nitro groups is 1. The number of halogens is 3. The number of pyridine rings is 1. The number of hydrogen-bond acceptors (Lipinski definition) is 5. The van der Waals surface area contributed by atoms with E-state index in [-0.39, 0.29) is 16.2 Å². The van der Waals surface area contributed by atoms with Gasteiger partial charge in [-0.1, -0.05) is 18.2 Å². The number of amides is 1. The van der Waals surface area contributed by atoms with Gasteiger partial charge in [-0.05, 0) is 32.0 Å². The fourth-order valence-corrected chi connectivity index (χ4v) is 2.57. The van der Waals surface area contributed by atoms with E-state index in [1.54, 1.807) is 24.3 Å². The third kappa shape index (κ3) is 3.21. The third-order valence-corrected chi connectivity index (χ3v) is 3.98. The van der Waals surface area contributed by atoms with Crippen molar-refractivity contribution >= 4 is 34.2 Å². The van der Waals surface area contributed by atoms with E-state index in [0.717, 1.165) is 0 Å². The van der Waals surface area contributed by atoms with E-state index in [1.807, 2.05) is 0 Å². The molecule has 7 nitrogen and oxygen atoms in total. The minimum absolute atomic E-state index is 0.0239. The van der Waals surface area contributed by atoms with Crippen molar-refractivity contribution in [1.29, 1.82) is 0 Å². The number of hydrogen-bond donors (Lipinski definition) is 0. The molecule has 0 N–H and O–H groups in total. The van der Waals surface area contributed by atoms with Gasteiger partial charge in [-0.15, -0.1) is 0 Å². The smallest absolute Gasteiger partial charge is 0.439 e. The van der Waals surface area contributed by atoms with Gasteiger partial charge in [0, 0.05) is 5.39 Å². The molecule has 0 aliphatic carbocycles. The number of anilines is 2. The van der Waals surface area contributed by atoms with Gasteiger partial charge in [0.05, 0.1) is 16.0 Å². The van der Waals surface area contributed by atoms with Gasteiger partial charge in [0.15, 0.2) is 0 Å². The predicted octanol–water partition coefficient (Wildman–Crippen LogP) is 4.58. The largest absolute Gasteiger partial charge is 0.472 e. The van der Waals surface area contributed by atoms with Crippen LogP contribution in [-0.4, -0.2) is 22.0 Å². The van der Waals surface area contributed by atoms with Crippen LogP contribution in [-0.2, 0) is 4.79 Å². The van der Waals surface area contributed by atoms with Crippen LogP contribution in [0, 0.1) is 24.0 Å². The minimum atomic E-state index is -5.30. The number of carbonyl (C=O) groups excluding carboxylic acids is 1. The van der Waals surface area contributed by atoms with Crippen molar-refractivity contribution in [2.75, 3.05) is 4.90 Å². The Morgan fingerprint density at radius 3 is 2.48 bits per heavy atom. The number of nitrogens with zero attached hydrogens (tertiary/aromatic N) is 3. The first-order valence-corrected chi connectivity index (χ1v) is 7.62. The van der Waals surface area contributed by atoms with Gasteiger partial charge in [-0.25, -0.2) is 9.88 Å². The van der Waals surface area contributed by atoms with Crippen LogP contribution < -0.4 is 4.90 Å². The van der Waals surface area contributed by atoms with Gasteiger partial charge in [0.2, 0.25) is 0 Å². The van der Waals surface area contributed by atoms with Crippen LogP contribution in [0.2, 0.25) is 0 Å². The zero-order valence-electron chi connectivity index (χ0n) is 14.1. The predicted molar refractivity (Wildman–Crippen MR) is 89.8 cm³/mol. The number of aromatic nitrogens is 1. The molecule has 3 aromatic rings.